The van der Waals surface area contributed by atoms with Gasteiger partial charge in [0.15, 0.2) is 0 Å². The Morgan fingerprint density at radius 3 is 2.23 bits per heavy atom. The normalized spacial score (nSPS) is 39.7. The number of hydrogen-bond acceptors (Lipinski definition) is 4. The van der Waals surface area contributed by atoms with Crippen molar-refractivity contribution in [3.63, 3.8) is 0 Å². The van der Waals surface area contributed by atoms with Gasteiger partial charge in [0.25, 0.3) is 0 Å². The van der Waals surface area contributed by atoms with Gasteiger partial charge in [0.2, 0.25) is 0 Å². The molecule has 78 valence electrons. The minimum atomic E-state index is -0.827. The van der Waals surface area contributed by atoms with E-state index < -0.39 is 12.2 Å². The van der Waals surface area contributed by atoms with E-state index in [9.17, 15) is 10.2 Å². The number of aliphatic hydroxyl groups excluding tert-OH is 3. The molecule has 0 amide bonds. The van der Waals surface area contributed by atoms with Crippen molar-refractivity contribution in [1.29, 1.82) is 0 Å². The average molecular weight is 189 g/mol. The second kappa shape index (κ2) is 4.91. The first-order valence-corrected chi connectivity index (χ1v) is 4.93. The molecule has 0 saturated carbocycles. The van der Waals surface area contributed by atoms with E-state index in [4.69, 9.17) is 5.11 Å². The molecule has 0 radical (unpaired) electrons. The highest BCUT2D eigenvalue weighted by Gasteiger charge is 2.39. The van der Waals surface area contributed by atoms with Crippen LogP contribution >= 0.6 is 0 Å². The van der Waals surface area contributed by atoms with E-state index in [1.807, 2.05) is 0 Å². The number of unbranched alkanes of at least 4 members (excludes halogenated alkanes) is 1. The smallest absolute Gasteiger partial charge is 0.0989 e. The van der Waals surface area contributed by atoms with Gasteiger partial charge in [0.1, 0.15) is 0 Å². The van der Waals surface area contributed by atoms with Crippen molar-refractivity contribution in [2.75, 3.05) is 6.61 Å². The third-order valence-electron chi connectivity index (χ3n) is 2.67. The fraction of sp³-hybridized carbons (Fsp3) is 1.00. The van der Waals surface area contributed by atoms with Crippen LogP contribution in [0.3, 0.4) is 0 Å². The van der Waals surface area contributed by atoms with Crippen molar-refractivity contribution in [3.8, 4) is 0 Å². The molecule has 0 spiro atoms. The zero-order valence-corrected chi connectivity index (χ0v) is 7.98. The Morgan fingerprint density at radius 2 is 1.77 bits per heavy atom. The molecule has 0 aromatic carbocycles. The molecular weight excluding hydrogens is 170 g/mol. The Kier molecular flexibility index (Phi) is 4.12. The van der Waals surface area contributed by atoms with E-state index in [0.717, 1.165) is 19.3 Å². The van der Waals surface area contributed by atoms with Crippen molar-refractivity contribution < 1.29 is 15.3 Å². The standard InChI is InChI=1S/C9H19NO3/c1-2-3-4-6-8(12)9(13)7(5-11)10-6/h6-13H,2-5H2,1H3/t6-,7-,8-,9+/m1/s1. The Bertz CT molecular complexity index is 154. The number of nitrogens with one attached hydrogen (secondary N) is 1. The molecule has 4 heteroatoms. The highest BCUT2D eigenvalue weighted by molar-refractivity contribution is 4.97. The van der Waals surface area contributed by atoms with Gasteiger partial charge in [-0.25, -0.2) is 0 Å². The Morgan fingerprint density at radius 1 is 1.15 bits per heavy atom. The van der Waals surface area contributed by atoms with Gasteiger partial charge in [-0.2, -0.15) is 0 Å². The fourth-order valence-corrected chi connectivity index (χ4v) is 1.79. The molecule has 0 aromatic rings. The second-order valence-electron chi connectivity index (χ2n) is 3.69. The molecule has 4 atom stereocenters. The zero-order chi connectivity index (χ0) is 9.84. The first-order chi connectivity index (χ1) is 6.20. The van der Waals surface area contributed by atoms with Gasteiger partial charge in [0, 0.05) is 6.04 Å². The van der Waals surface area contributed by atoms with Crippen LogP contribution in [-0.4, -0.2) is 46.2 Å². The van der Waals surface area contributed by atoms with Crippen molar-refractivity contribution in [3.05, 3.63) is 0 Å². The molecule has 0 bridgehead atoms. The molecule has 1 fully saturated rings. The van der Waals surface area contributed by atoms with Crippen LogP contribution in [0.15, 0.2) is 0 Å². The van der Waals surface area contributed by atoms with Crippen LogP contribution in [0.2, 0.25) is 0 Å². The summed E-state index contributed by atoms with van der Waals surface area (Å²) in [6, 6.07) is -0.427. The molecule has 13 heavy (non-hydrogen) atoms. The van der Waals surface area contributed by atoms with E-state index >= 15 is 0 Å². The lowest BCUT2D eigenvalue weighted by Gasteiger charge is -2.14. The van der Waals surface area contributed by atoms with Crippen LogP contribution in [0.5, 0.6) is 0 Å². The van der Waals surface area contributed by atoms with E-state index in [1.54, 1.807) is 0 Å². The molecule has 0 aliphatic carbocycles. The quantitative estimate of drug-likeness (QED) is 0.468. The molecular formula is C9H19NO3. The predicted molar refractivity (Wildman–Crippen MR) is 49.3 cm³/mol. The number of aliphatic hydroxyl groups is 3. The Hall–Kier alpha value is -0.160. The van der Waals surface area contributed by atoms with E-state index in [0.29, 0.717) is 0 Å². The van der Waals surface area contributed by atoms with Crippen LogP contribution in [0.4, 0.5) is 0 Å². The monoisotopic (exact) mass is 189 g/mol. The van der Waals surface area contributed by atoms with Crippen molar-refractivity contribution >= 4 is 0 Å². The molecule has 0 aromatic heterocycles. The maximum absolute atomic E-state index is 9.56. The maximum atomic E-state index is 9.56. The largest absolute Gasteiger partial charge is 0.395 e. The third-order valence-corrected chi connectivity index (χ3v) is 2.67. The third kappa shape index (κ3) is 2.40. The predicted octanol–water partition coefficient (Wildman–Crippen LogP) is -0.769. The highest BCUT2D eigenvalue weighted by Crippen LogP contribution is 2.18. The van der Waals surface area contributed by atoms with Crippen LogP contribution in [-0.2, 0) is 0 Å². The number of rotatable bonds is 4. The van der Waals surface area contributed by atoms with Crippen LogP contribution in [0.1, 0.15) is 26.2 Å². The van der Waals surface area contributed by atoms with Crippen LogP contribution < -0.4 is 5.32 Å². The molecule has 0 unspecified atom stereocenters. The molecule has 1 aliphatic rings. The summed E-state index contributed by atoms with van der Waals surface area (Å²) >= 11 is 0. The first kappa shape index (κ1) is 10.9. The van der Waals surface area contributed by atoms with E-state index in [1.165, 1.54) is 0 Å². The highest BCUT2D eigenvalue weighted by atomic mass is 16.3. The molecule has 1 aliphatic heterocycles. The summed E-state index contributed by atoms with van der Waals surface area (Å²) in [5.74, 6) is 0. The van der Waals surface area contributed by atoms with E-state index in [2.05, 4.69) is 12.2 Å². The van der Waals surface area contributed by atoms with Crippen molar-refractivity contribution in [2.24, 2.45) is 0 Å². The molecule has 1 rings (SSSR count). The summed E-state index contributed by atoms with van der Waals surface area (Å²) in [6.45, 7) is 1.96. The molecule has 4 N–H and O–H groups in total. The lowest BCUT2D eigenvalue weighted by Crippen LogP contribution is -2.36. The van der Waals surface area contributed by atoms with Gasteiger partial charge >= 0.3 is 0 Å². The lowest BCUT2D eigenvalue weighted by atomic mass is 10.0. The van der Waals surface area contributed by atoms with Gasteiger partial charge in [0.05, 0.1) is 24.9 Å². The Labute approximate surface area is 78.6 Å². The second-order valence-corrected chi connectivity index (χ2v) is 3.69. The summed E-state index contributed by atoms with van der Waals surface area (Å²) in [5.41, 5.74) is 0. The van der Waals surface area contributed by atoms with Gasteiger partial charge < -0.3 is 20.6 Å². The summed E-state index contributed by atoms with van der Waals surface area (Å²) in [7, 11) is 0. The Balaban J connectivity index is 2.40. The molecule has 1 heterocycles. The SMILES string of the molecule is CCCC[C@H]1N[C@H](CO)[C@H](O)[C@@H]1O. The van der Waals surface area contributed by atoms with Crippen molar-refractivity contribution in [1.82, 2.24) is 5.32 Å². The van der Waals surface area contributed by atoms with Gasteiger partial charge in [-0.05, 0) is 6.42 Å². The number of hydrogen-bond donors (Lipinski definition) is 4. The zero-order valence-electron chi connectivity index (χ0n) is 7.98. The summed E-state index contributed by atoms with van der Waals surface area (Å²) in [5, 5.41) is 30.9. The average Bonchev–Trinajstić information content (AvgIpc) is 2.41. The fourth-order valence-electron chi connectivity index (χ4n) is 1.79. The summed E-state index contributed by atoms with van der Waals surface area (Å²) < 4.78 is 0. The first-order valence-electron chi connectivity index (χ1n) is 4.93. The molecule has 4 nitrogen and oxygen atoms in total. The summed E-state index contributed by atoms with van der Waals surface area (Å²) in [6.07, 6.45) is 1.39. The molecule has 1 saturated heterocycles. The summed E-state index contributed by atoms with van der Waals surface area (Å²) in [4.78, 5) is 0. The minimum absolute atomic E-state index is 0.0629. The topological polar surface area (TPSA) is 72.7 Å². The van der Waals surface area contributed by atoms with Gasteiger partial charge in [-0.3, -0.25) is 0 Å². The van der Waals surface area contributed by atoms with Crippen LogP contribution in [0, 0.1) is 0 Å². The minimum Gasteiger partial charge on any atom is -0.395 e. The van der Waals surface area contributed by atoms with Gasteiger partial charge in [-0.1, -0.05) is 19.8 Å². The van der Waals surface area contributed by atoms with Gasteiger partial charge in [-0.15, -0.1) is 0 Å². The maximum Gasteiger partial charge on any atom is 0.0989 e. The van der Waals surface area contributed by atoms with Crippen molar-refractivity contribution in [2.45, 2.75) is 50.5 Å². The lowest BCUT2D eigenvalue weighted by molar-refractivity contribution is 0.0186. The van der Waals surface area contributed by atoms with E-state index in [-0.39, 0.29) is 18.7 Å². The van der Waals surface area contributed by atoms with Crippen LogP contribution in [0.25, 0.3) is 0 Å².